The van der Waals surface area contributed by atoms with Crippen LogP contribution in [0.15, 0.2) is 17.4 Å². The largest absolute Gasteiger partial charge is 0.310 e. The van der Waals surface area contributed by atoms with Gasteiger partial charge in [0.05, 0.1) is 11.4 Å². The van der Waals surface area contributed by atoms with Gasteiger partial charge in [0.1, 0.15) is 5.82 Å². The lowest BCUT2D eigenvalue weighted by Gasteiger charge is -2.15. The summed E-state index contributed by atoms with van der Waals surface area (Å²) < 4.78 is 3.51. The Morgan fingerprint density at radius 1 is 1.30 bits per heavy atom. The number of rotatable bonds is 7. The molecule has 1 atom stereocenters. The first kappa shape index (κ1) is 17.5. The molecule has 23 heavy (non-hydrogen) atoms. The number of tetrazole rings is 1. The van der Waals surface area contributed by atoms with Crippen molar-refractivity contribution in [3.8, 4) is 0 Å². The maximum absolute atomic E-state index is 12.4. The third-order valence-corrected chi connectivity index (χ3v) is 4.17. The van der Waals surface area contributed by atoms with Crippen LogP contribution in [-0.2, 0) is 11.3 Å². The number of nitrogens with zero attached hydrogens (tertiary/aromatic N) is 6. The number of anilines is 1. The predicted octanol–water partition coefficient (Wildman–Crippen LogP) is 2.23. The molecule has 0 spiro atoms. The lowest BCUT2D eigenvalue weighted by Crippen LogP contribution is -2.25. The van der Waals surface area contributed by atoms with Crippen LogP contribution >= 0.6 is 11.8 Å². The fourth-order valence-electron chi connectivity index (χ4n) is 2.01. The normalized spacial score (nSPS) is 12.8. The monoisotopic (exact) mass is 337 g/mol. The highest BCUT2D eigenvalue weighted by Gasteiger charge is 2.20. The minimum Gasteiger partial charge on any atom is -0.310 e. The molecular weight excluding hydrogens is 314 g/mol. The lowest BCUT2D eigenvalue weighted by molar-refractivity contribution is -0.115. The summed E-state index contributed by atoms with van der Waals surface area (Å²) in [4.78, 5) is 12.4. The Balaban J connectivity index is 2.00. The van der Waals surface area contributed by atoms with Gasteiger partial charge in [-0.3, -0.25) is 4.79 Å². The van der Waals surface area contributed by atoms with E-state index in [-0.39, 0.29) is 17.2 Å². The summed E-state index contributed by atoms with van der Waals surface area (Å²) in [5.74, 6) is 1.03. The van der Waals surface area contributed by atoms with E-state index < -0.39 is 0 Å². The first-order valence-electron chi connectivity index (χ1n) is 7.65. The van der Waals surface area contributed by atoms with Gasteiger partial charge >= 0.3 is 0 Å². The summed E-state index contributed by atoms with van der Waals surface area (Å²) >= 11 is 1.35. The van der Waals surface area contributed by atoms with Crippen LogP contribution in [0.2, 0.25) is 0 Å². The molecule has 1 unspecified atom stereocenters. The molecule has 0 saturated carbocycles. The zero-order valence-corrected chi connectivity index (χ0v) is 14.9. The van der Waals surface area contributed by atoms with E-state index in [2.05, 4.69) is 39.8 Å². The van der Waals surface area contributed by atoms with Crippen molar-refractivity contribution in [3.05, 3.63) is 12.3 Å². The van der Waals surface area contributed by atoms with E-state index in [1.807, 2.05) is 20.8 Å². The van der Waals surface area contributed by atoms with E-state index in [4.69, 9.17) is 0 Å². The Morgan fingerprint density at radius 3 is 2.70 bits per heavy atom. The Morgan fingerprint density at radius 2 is 2.04 bits per heavy atom. The van der Waals surface area contributed by atoms with Crippen molar-refractivity contribution in [3.63, 3.8) is 0 Å². The maximum atomic E-state index is 12.4. The molecule has 0 saturated heterocycles. The van der Waals surface area contributed by atoms with E-state index in [0.29, 0.717) is 16.9 Å². The Hall–Kier alpha value is -1.90. The molecule has 0 fully saturated rings. The van der Waals surface area contributed by atoms with E-state index in [1.165, 1.54) is 11.8 Å². The van der Waals surface area contributed by atoms with Crippen LogP contribution in [0, 0.1) is 5.92 Å². The van der Waals surface area contributed by atoms with Crippen molar-refractivity contribution < 1.29 is 4.79 Å². The summed E-state index contributed by atoms with van der Waals surface area (Å²) in [7, 11) is 0. The van der Waals surface area contributed by atoms with Crippen LogP contribution in [0.3, 0.4) is 0 Å². The minimum absolute atomic E-state index is 0.100. The molecule has 2 aromatic heterocycles. The summed E-state index contributed by atoms with van der Waals surface area (Å²) in [5, 5.41) is 19.1. The molecule has 2 heterocycles. The lowest BCUT2D eigenvalue weighted by atomic mass is 10.2. The van der Waals surface area contributed by atoms with E-state index in [1.54, 1.807) is 21.6 Å². The van der Waals surface area contributed by atoms with Gasteiger partial charge in [-0.1, -0.05) is 25.6 Å². The molecular formula is C14H23N7OS. The van der Waals surface area contributed by atoms with Gasteiger partial charge in [-0.25, -0.2) is 9.36 Å². The first-order chi connectivity index (χ1) is 10.9. The van der Waals surface area contributed by atoms with Gasteiger partial charge in [0.15, 0.2) is 0 Å². The number of amides is 1. The van der Waals surface area contributed by atoms with Crippen molar-refractivity contribution in [2.24, 2.45) is 5.92 Å². The Bertz CT molecular complexity index is 649. The molecule has 0 aromatic carbocycles. The fraction of sp³-hybridized carbons (Fsp3) is 0.643. The molecule has 1 amide bonds. The number of hydrogen-bond acceptors (Lipinski definition) is 6. The maximum Gasteiger partial charge on any atom is 0.238 e. The summed E-state index contributed by atoms with van der Waals surface area (Å²) in [6.45, 7) is 10.8. The minimum atomic E-state index is -0.317. The molecule has 0 radical (unpaired) electrons. The molecule has 8 nitrogen and oxygen atoms in total. The molecule has 0 aliphatic heterocycles. The van der Waals surface area contributed by atoms with Crippen LogP contribution in [-0.4, -0.2) is 41.1 Å². The summed E-state index contributed by atoms with van der Waals surface area (Å²) in [6, 6.07) is 1.97. The highest BCUT2D eigenvalue weighted by molar-refractivity contribution is 8.00. The van der Waals surface area contributed by atoms with Gasteiger partial charge in [-0.2, -0.15) is 5.10 Å². The molecule has 9 heteroatoms. The molecule has 0 aliphatic rings. The summed E-state index contributed by atoms with van der Waals surface area (Å²) in [5.41, 5.74) is 0. The highest BCUT2D eigenvalue weighted by atomic mass is 32.2. The SMILES string of the molecule is CC(C)Cn1nnnc1SC(C)C(=O)Nc1ccnn1C(C)C. The van der Waals surface area contributed by atoms with Crippen LogP contribution in [0.5, 0.6) is 0 Å². The van der Waals surface area contributed by atoms with E-state index in [9.17, 15) is 4.79 Å². The number of aromatic nitrogens is 6. The van der Waals surface area contributed by atoms with Gasteiger partial charge in [0, 0.05) is 18.7 Å². The van der Waals surface area contributed by atoms with E-state index >= 15 is 0 Å². The highest BCUT2D eigenvalue weighted by Crippen LogP contribution is 2.22. The molecule has 2 rings (SSSR count). The molecule has 2 aromatic rings. The molecule has 0 bridgehead atoms. The van der Waals surface area contributed by atoms with Gasteiger partial charge in [-0.15, -0.1) is 5.10 Å². The average molecular weight is 337 g/mol. The van der Waals surface area contributed by atoms with Crippen LogP contribution in [0.25, 0.3) is 0 Å². The quantitative estimate of drug-likeness (QED) is 0.779. The van der Waals surface area contributed by atoms with E-state index in [0.717, 1.165) is 6.54 Å². The fourth-order valence-corrected chi connectivity index (χ4v) is 2.80. The second kappa shape index (κ2) is 7.58. The van der Waals surface area contributed by atoms with Gasteiger partial charge in [0.25, 0.3) is 0 Å². The van der Waals surface area contributed by atoms with Crippen molar-refractivity contribution in [2.45, 2.75) is 57.6 Å². The topological polar surface area (TPSA) is 90.5 Å². The zero-order valence-electron chi connectivity index (χ0n) is 14.1. The first-order valence-corrected chi connectivity index (χ1v) is 8.53. The zero-order chi connectivity index (χ0) is 17.0. The third kappa shape index (κ3) is 4.54. The Labute approximate surface area is 140 Å². The van der Waals surface area contributed by atoms with Gasteiger partial charge in [-0.05, 0) is 37.1 Å². The number of hydrogen-bond donors (Lipinski definition) is 1. The van der Waals surface area contributed by atoms with Crippen LogP contribution < -0.4 is 5.32 Å². The Kier molecular flexibility index (Phi) is 5.75. The van der Waals surface area contributed by atoms with Crippen LogP contribution in [0.1, 0.15) is 40.7 Å². The number of thioether (sulfide) groups is 1. The van der Waals surface area contributed by atoms with Crippen molar-refractivity contribution >= 4 is 23.5 Å². The second-order valence-corrected chi connectivity index (χ2v) is 7.35. The van der Waals surface area contributed by atoms with Crippen LogP contribution in [0.4, 0.5) is 5.82 Å². The predicted molar refractivity (Wildman–Crippen MR) is 89.2 cm³/mol. The van der Waals surface area contributed by atoms with Gasteiger partial charge < -0.3 is 5.32 Å². The second-order valence-electron chi connectivity index (χ2n) is 6.04. The third-order valence-electron chi connectivity index (χ3n) is 3.10. The molecule has 0 aliphatic carbocycles. The number of carbonyl (C=O) groups is 1. The van der Waals surface area contributed by atoms with Crippen molar-refractivity contribution in [2.75, 3.05) is 5.32 Å². The molecule has 126 valence electrons. The van der Waals surface area contributed by atoms with Gasteiger partial charge in [0.2, 0.25) is 11.1 Å². The summed E-state index contributed by atoms with van der Waals surface area (Å²) in [6.07, 6.45) is 1.68. The smallest absolute Gasteiger partial charge is 0.238 e. The average Bonchev–Trinajstić information content (AvgIpc) is 3.08. The number of nitrogens with one attached hydrogen (secondary N) is 1. The van der Waals surface area contributed by atoms with Crippen molar-refractivity contribution in [1.29, 1.82) is 0 Å². The standard InChI is InChI=1S/C14H23N7OS/c1-9(2)8-20-14(17-18-19-20)23-11(5)13(22)16-12-6-7-15-21(12)10(3)4/h6-7,9-11H,8H2,1-5H3,(H,16,22). The van der Waals surface area contributed by atoms with Crippen molar-refractivity contribution in [1.82, 2.24) is 30.0 Å². The number of carbonyl (C=O) groups excluding carboxylic acids is 1. The molecule has 1 N–H and O–H groups in total.